The van der Waals surface area contributed by atoms with E-state index in [0.29, 0.717) is 0 Å². The predicted molar refractivity (Wildman–Crippen MR) is 20.7 cm³/mol. The fourth-order valence-electron chi connectivity index (χ4n) is 0. The van der Waals surface area contributed by atoms with Gasteiger partial charge in [-0.3, -0.25) is 0 Å². The molecule has 0 radical (unpaired) electrons. The zero-order valence-corrected chi connectivity index (χ0v) is 7.16. The summed E-state index contributed by atoms with van der Waals surface area (Å²) >= 11 is 0. The summed E-state index contributed by atoms with van der Waals surface area (Å²) in [4.78, 5) is 36.8. The van der Waals surface area contributed by atoms with Crippen LogP contribution in [0.25, 0.3) is 0 Å². The first-order valence-electron chi connectivity index (χ1n) is 1.10. The van der Waals surface area contributed by atoms with Gasteiger partial charge in [0.25, 0.3) is 0 Å². The first-order valence-corrected chi connectivity index (χ1v) is 2.89. The molecular weight excluding hydrogens is 213 g/mol. The molecule has 5 N–H and O–H groups in total. The second-order valence-electron chi connectivity index (χ2n) is 0.600. The van der Waals surface area contributed by atoms with Crippen molar-refractivity contribution in [3.63, 3.8) is 0 Å². The van der Waals surface area contributed by atoms with Gasteiger partial charge in [-0.2, -0.15) is 4.91 Å². The molecule has 8 heteroatoms. The maximum atomic E-state index is 7.50. The Hall–Kier alpha value is 0.540. The number of nitrogens with one attached hydrogen (secondary N) is 1. The largest absolute Gasteiger partial charge is 0.668 e. The Morgan fingerprint density at radius 2 is 1.00 bits per heavy atom. The predicted octanol–water partition coefficient (Wildman–Crippen LogP) is -2.28. The van der Waals surface area contributed by atoms with Crippen LogP contribution in [-0.4, -0.2) is 28.2 Å². The second kappa shape index (κ2) is 7.54. The van der Waals surface area contributed by atoms with E-state index in [0.717, 1.165) is 0 Å². The van der Waals surface area contributed by atoms with E-state index in [-0.39, 0.29) is 26.2 Å². The molecule has 0 saturated carbocycles. The normalized spacial score (nSPS) is 8.00. The van der Waals surface area contributed by atoms with E-state index >= 15 is 0 Å². The summed E-state index contributed by atoms with van der Waals surface area (Å²) in [7, 11) is -4.61. The molecule has 0 aliphatic rings. The van der Waals surface area contributed by atoms with Crippen LogP contribution < -0.4 is 0 Å². The van der Waals surface area contributed by atoms with Gasteiger partial charge in [-0.15, -0.1) is 0 Å². The molecule has 0 spiro atoms. The van der Waals surface area contributed by atoms with Crippen molar-refractivity contribution >= 4 is 9.05 Å². The van der Waals surface area contributed by atoms with Crippen molar-refractivity contribution in [3.8, 4) is 0 Å². The van der Waals surface area contributed by atoms with Gasteiger partial charge in [-0.1, -0.05) is 5.59 Å². The Bertz CT molecular complexity index is 36.2. The summed E-state index contributed by atoms with van der Waals surface area (Å²) in [5.74, 6) is 0. The van der Waals surface area contributed by atoms with E-state index in [1.54, 1.807) is 0 Å². The van der Waals surface area contributed by atoms with Crippen LogP contribution in [0.4, 0.5) is 0 Å². The Morgan fingerprint density at radius 1 is 1.00 bits per heavy atom. The van der Waals surface area contributed by atoms with Gasteiger partial charge in [0.05, 0.1) is 0 Å². The zero-order valence-electron chi connectivity index (χ0n) is 3.70. The quantitative estimate of drug-likeness (QED) is 0.232. The summed E-state index contributed by atoms with van der Waals surface area (Å²) < 4.78 is 0. The topological polar surface area (TPSA) is 122 Å². The molecule has 0 rings (SSSR count). The number of hydrogen-bond donors (Lipinski definition) is 5. The van der Waals surface area contributed by atoms with Gasteiger partial charge in [0.2, 0.25) is 0 Å². The van der Waals surface area contributed by atoms with Crippen molar-refractivity contribution < 1.29 is 45.4 Å². The molecule has 6 nitrogen and oxygen atoms in total. The summed E-state index contributed by atoms with van der Waals surface area (Å²) in [5, 5.41) is 0. The van der Waals surface area contributed by atoms with Crippen LogP contribution >= 0.6 is 0 Å². The minimum absolute atomic E-state index is 0. The molecule has 48 valence electrons. The average molecular weight is 218 g/mol. The van der Waals surface area contributed by atoms with Gasteiger partial charge in [-0.25, -0.2) is 0 Å². The molecule has 0 unspecified atom stereocenters. The van der Waals surface area contributed by atoms with E-state index in [1.807, 2.05) is 0 Å². The number of nitroso groups, excluding NO2 is 1. The summed E-state index contributed by atoms with van der Waals surface area (Å²) in [6, 6.07) is 0. The Balaban J connectivity index is -0.0000000750. The minimum Gasteiger partial charge on any atom is -0.368 e. The fourth-order valence-corrected chi connectivity index (χ4v) is 0. The molecular formula is H5NO5SiZr. The molecule has 0 aliphatic heterocycles. The van der Waals surface area contributed by atoms with Gasteiger partial charge >= 0.3 is 9.05 Å². The molecule has 0 saturated heterocycles. The van der Waals surface area contributed by atoms with Crippen LogP contribution in [0.15, 0.2) is 0 Å². The van der Waals surface area contributed by atoms with E-state index in [2.05, 4.69) is 5.59 Å². The summed E-state index contributed by atoms with van der Waals surface area (Å²) in [6.07, 6.45) is 0. The Morgan fingerprint density at radius 3 is 1.00 bits per heavy atom. The Kier molecular flexibility index (Phi) is 14.9. The average Bonchev–Trinajstić information content (AvgIpc) is 1.36. The molecule has 0 amide bonds. The standard InChI is InChI=1S/HNO.H4O4Si.Zr/c1-2;1-5(2,3)4;/h1H;1-4H;. The molecule has 0 aromatic heterocycles. The van der Waals surface area contributed by atoms with Gasteiger partial charge in [0.15, 0.2) is 0 Å². The van der Waals surface area contributed by atoms with Crippen LogP contribution in [0.1, 0.15) is 0 Å². The SMILES string of the molecule is N=O.O[Si](O)(O)O.[Zr]. The summed E-state index contributed by atoms with van der Waals surface area (Å²) in [5.41, 5.74) is 4.50. The Labute approximate surface area is 65.2 Å². The van der Waals surface area contributed by atoms with Crippen LogP contribution in [0.5, 0.6) is 0 Å². The molecule has 0 bridgehead atoms. The van der Waals surface area contributed by atoms with Gasteiger partial charge in [0, 0.05) is 26.2 Å². The maximum absolute atomic E-state index is 7.50. The molecule has 0 heterocycles. The second-order valence-corrected chi connectivity index (χ2v) is 1.80. The third kappa shape index (κ3) is 688. The zero-order chi connectivity index (χ0) is 6.50. The van der Waals surface area contributed by atoms with Gasteiger partial charge in [0.1, 0.15) is 0 Å². The third-order valence-corrected chi connectivity index (χ3v) is 0. The molecule has 0 aromatic rings. The van der Waals surface area contributed by atoms with Crippen molar-refractivity contribution in [1.29, 1.82) is 5.59 Å². The maximum Gasteiger partial charge on any atom is 0.668 e. The van der Waals surface area contributed by atoms with Crippen LogP contribution in [-0.2, 0) is 26.2 Å². The molecule has 0 aromatic carbocycles. The van der Waals surface area contributed by atoms with E-state index < -0.39 is 9.05 Å². The van der Waals surface area contributed by atoms with Crippen molar-refractivity contribution in [1.82, 2.24) is 0 Å². The monoisotopic (exact) mass is 217 g/mol. The number of rotatable bonds is 0. The van der Waals surface area contributed by atoms with E-state index in [1.165, 1.54) is 0 Å². The van der Waals surface area contributed by atoms with Crippen LogP contribution in [0.2, 0.25) is 0 Å². The van der Waals surface area contributed by atoms with E-state index in [4.69, 9.17) is 24.1 Å². The van der Waals surface area contributed by atoms with E-state index in [9.17, 15) is 0 Å². The van der Waals surface area contributed by atoms with Crippen molar-refractivity contribution in [2.75, 3.05) is 0 Å². The summed E-state index contributed by atoms with van der Waals surface area (Å²) in [6.45, 7) is 0. The first-order chi connectivity index (χ1) is 3.00. The van der Waals surface area contributed by atoms with Crippen LogP contribution in [0, 0.1) is 10.5 Å². The van der Waals surface area contributed by atoms with Gasteiger partial charge in [-0.05, 0) is 0 Å². The molecule has 8 heavy (non-hydrogen) atoms. The molecule has 0 fully saturated rings. The third-order valence-electron chi connectivity index (χ3n) is 0. The smallest absolute Gasteiger partial charge is 0.368 e. The molecule has 0 atom stereocenters. The fraction of sp³-hybridized carbons (Fsp3) is 0. The first kappa shape index (κ1) is 15.8. The minimum atomic E-state index is -4.61. The number of hydrogen-bond acceptors (Lipinski definition) is 6. The van der Waals surface area contributed by atoms with Crippen LogP contribution in [0.3, 0.4) is 0 Å². The van der Waals surface area contributed by atoms with Gasteiger partial charge < -0.3 is 19.2 Å². The molecule has 0 aliphatic carbocycles. The van der Waals surface area contributed by atoms with Crippen molar-refractivity contribution in [2.45, 2.75) is 0 Å². The van der Waals surface area contributed by atoms with Crippen molar-refractivity contribution in [3.05, 3.63) is 4.91 Å². The van der Waals surface area contributed by atoms with Crippen molar-refractivity contribution in [2.24, 2.45) is 0 Å².